The fourth-order valence-corrected chi connectivity index (χ4v) is 8.48. The number of carbonyl (C=O) groups excluding carboxylic acids is 2. The first kappa shape index (κ1) is 37.0. The number of hydrogen-bond acceptors (Lipinski definition) is 5. The van der Waals surface area contributed by atoms with Crippen LogP contribution in [0.25, 0.3) is 0 Å². The Kier molecular flexibility index (Phi) is 10.9. The molecule has 2 heterocycles. The molecule has 2 aliphatic rings. The van der Waals surface area contributed by atoms with Gasteiger partial charge in [-0.05, 0) is 46.9 Å². The van der Waals surface area contributed by atoms with E-state index in [9.17, 15) is 25.1 Å². The van der Waals surface area contributed by atoms with E-state index in [2.05, 4.69) is 10.6 Å². The van der Waals surface area contributed by atoms with Crippen LogP contribution in [-0.4, -0.2) is 51.4 Å². The van der Waals surface area contributed by atoms with Crippen LogP contribution < -0.4 is 10.6 Å². The molecule has 2 unspecified atom stereocenters. The Hall–Kier alpha value is -5.32. The van der Waals surface area contributed by atoms with Crippen molar-refractivity contribution in [1.29, 1.82) is 0 Å². The van der Waals surface area contributed by atoms with Crippen LogP contribution in [0, 0.1) is 17.3 Å². The number of aryl methyl sites for hydroxylation is 1. The molecule has 5 aromatic carbocycles. The average molecular weight is 725 g/mol. The minimum Gasteiger partial charge on any atom is -0.632 e. The van der Waals surface area contributed by atoms with E-state index in [1.807, 2.05) is 128 Å². The number of rotatable bonds is 12. The van der Waals surface area contributed by atoms with E-state index in [0.29, 0.717) is 36.8 Å². The van der Waals surface area contributed by atoms with Crippen molar-refractivity contribution in [1.82, 2.24) is 10.6 Å². The molecule has 0 aliphatic carbocycles. The number of nitrogens with one attached hydrogen (secondary N) is 2. The molecule has 5 aromatic rings. The van der Waals surface area contributed by atoms with E-state index in [4.69, 9.17) is 0 Å². The minimum atomic E-state index is -0.866. The number of hydroxylamine groups is 6. The summed E-state index contributed by atoms with van der Waals surface area (Å²) in [6.45, 7) is 2.11. The normalized spacial score (nSPS) is 22.4. The Labute approximate surface area is 317 Å². The molecule has 2 saturated heterocycles. The van der Waals surface area contributed by atoms with Gasteiger partial charge in [-0.1, -0.05) is 121 Å². The summed E-state index contributed by atoms with van der Waals surface area (Å²) in [6.07, 6.45) is 2.00. The topological polar surface area (TPSA) is 125 Å². The van der Waals surface area contributed by atoms with Crippen LogP contribution in [0.5, 0.6) is 5.75 Å². The first-order chi connectivity index (χ1) is 26.1. The zero-order valence-corrected chi connectivity index (χ0v) is 30.6. The van der Waals surface area contributed by atoms with Crippen molar-refractivity contribution >= 4 is 11.8 Å². The molecule has 9 heteroatoms. The van der Waals surface area contributed by atoms with E-state index in [0.717, 1.165) is 27.8 Å². The number of benzene rings is 5. The average Bonchev–Trinajstić information content (AvgIpc) is 3.77. The zero-order valence-electron chi connectivity index (χ0n) is 30.6. The maximum atomic E-state index is 14.6. The van der Waals surface area contributed by atoms with Crippen molar-refractivity contribution in [3.63, 3.8) is 0 Å². The molecule has 54 heavy (non-hydrogen) atoms. The van der Waals surface area contributed by atoms with E-state index in [1.54, 1.807) is 12.1 Å². The summed E-state index contributed by atoms with van der Waals surface area (Å²) in [5.41, 5.74) is 5.26. The molecule has 2 amide bonds. The van der Waals surface area contributed by atoms with Gasteiger partial charge in [-0.15, -0.1) is 0 Å². The molecule has 3 N–H and O–H groups in total. The SMILES string of the molecule is Cc1cc(C[N+]2([O-])CCC[C@@H]2C(=O)NC(c2ccccc2)c2ccccc2)c(O)c(C[N+]2([O-])CCC[C@@H]2C(=O)NC(c2ccccc2)c2ccccc2)c1. The third kappa shape index (κ3) is 7.95. The van der Waals surface area contributed by atoms with Gasteiger partial charge >= 0.3 is 0 Å². The van der Waals surface area contributed by atoms with Crippen molar-refractivity contribution in [2.24, 2.45) is 0 Å². The lowest BCUT2D eigenvalue weighted by molar-refractivity contribution is -0.897. The highest BCUT2D eigenvalue weighted by Gasteiger charge is 2.44. The number of quaternary nitrogens is 2. The fraction of sp³-hybridized carbons (Fsp3) is 0.289. The van der Waals surface area contributed by atoms with Crippen LogP contribution in [0.2, 0.25) is 0 Å². The second kappa shape index (κ2) is 16.0. The second-order valence-electron chi connectivity index (χ2n) is 14.9. The number of nitrogens with zero attached hydrogens (tertiary/aromatic N) is 2. The molecule has 9 nitrogen and oxygen atoms in total. The lowest BCUT2D eigenvalue weighted by Gasteiger charge is -2.45. The van der Waals surface area contributed by atoms with E-state index in [-0.39, 0.29) is 43.7 Å². The maximum absolute atomic E-state index is 14.6. The Morgan fingerprint density at radius 1 is 0.611 bits per heavy atom. The van der Waals surface area contributed by atoms with Crippen LogP contribution in [0.3, 0.4) is 0 Å². The van der Waals surface area contributed by atoms with Crippen molar-refractivity contribution in [2.75, 3.05) is 13.1 Å². The van der Waals surface area contributed by atoms with Gasteiger partial charge in [-0.2, -0.15) is 0 Å². The Balaban J connectivity index is 1.10. The summed E-state index contributed by atoms with van der Waals surface area (Å²) in [4.78, 5) is 28.0. The Morgan fingerprint density at radius 3 is 1.24 bits per heavy atom. The van der Waals surface area contributed by atoms with Crippen LogP contribution in [-0.2, 0) is 22.7 Å². The molecule has 0 bridgehead atoms. The van der Waals surface area contributed by atoms with Gasteiger partial charge in [0.25, 0.3) is 11.8 Å². The summed E-state index contributed by atoms with van der Waals surface area (Å²) in [7, 11) is 0. The van der Waals surface area contributed by atoms with Gasteiger partial charge < -0.3 is 35.4 Å². The van der Waals surface area contributed by atoms with E-state index in [1.165, 1.54) is 0 Å². The third-order valence-corrected chi connectivity index (χ3v) is 11.2. The zero-order chi connectivity index (χ0) is 37.7. The van der Waals surface area contributed by atoms with Gasteiger partial charge in [0.15, 0.2) is 12.1 Å². The van der Waals surface area contributed by atoms with E-state index < -0.39 is 33.5 Å². The quantitative estimate of drug-likeness (QED) is 0.0910. The molecular weight excluding hydrogens is 677 g/mol. The number of phenols is 1. The smallest absolute Gasteiger partial charge is 0.279 e. The summed E-state index contributed by atoms with van der Waals surface area (Å²) < 4.78 is -1.61. The largest absolute Gasteiger partial charge is 0.632 e. The van der Waals surface area contributed by atoms with Crippen molar-refractivity contribution in [2.45, 2.75) is 69.9 Å². The highest BCUT2D eigenvalue weighted by Crippen LogP contribution is 2.38. The molecule has 7 rings (SSSR count). The first-order valence-electron chi connectivity index (χ1n) is 18.9. The number of hydrogen-bond donors (Lipinski definition) is 3. The first-order valence-corrected chi connectivity index (χ1v) is 18.9. The second-order valence-corrected chi connectivity index (χ2v) is 14.9. The molecule has 0 aromatic heterocycles. The molecule has 278 valence electrons. The van der Waals surface area contributed by atoms with Gasteiger partial charge in [0.05, 0.1) is 25.2 Å². The summed E-state index contributed by atoms with van der Waals surface area (Å²) in [6, 6.07) is 39.8. The van der Waals surface area contributed by atoms with Gasteiger partial charge in [-0.3, -0.25) is 9.59 Å². The summed E-state index contributed by atoms with van der Waals surface area (Å²) in [5, 5.41) is 47.3. The number of amides is 2. The maximum Gasteiger partial charge on any atom is 0.279 e. The molecule has 2 aliphatic heterocycles. The number of carbonyl (C=O) groups is 2. The molecule has 0 saturated carbocycles. The van der Waals surface area contributed by atoms with Gasteiger partial charge in [0, 0.05) is 36.8 Å². The third-order valence-electron chi connectivity index (χ3n) is 11.2. The fourth-order valence-electron chi connectivity index (χ4n) is 8.48. The standard InChI is InChI=1S/C45H48N4O5/c1-32-28-37(30-48(53)26-14-24-39(48)44(51)46-41(33-16-6-2-7-17-33)34-18-8-3-9-19-34)43(50)38(29-32)31-49(54)27-15-25-40(49)45(52)47-42(35-20-10-4-11-21-35)36-22-12-5-13-23-36/h2-13,16-23,28-29,39-42,50H,14-15,24-27,30-31H2,1H3,(H,46,51)(H,47,52)/t39-,40-,48?,49?/m1/s1. The highest BCUT2D eigenvalue weighted by molar-refractivity contribution is 5.82. The van der Waals surface area contributed by atoms with Crippen molar-refractivity contribution < 1.29 is 24.0 Å². The van der Waals surface area contributed by atoms with Crippen molar-refractivity contribution in [3.05, 3.63) is 183 Å². The molecule has 0 radical (unpaired) electrons. The monoisotopic (exact) mass is 724 g/mol. The predicted molar refractivity (Wildman–Crippen MR) is 209 cm³/mol. The van der Waals surface area contributed by atoms with Crippen molar-refractivity contribution in [3.8, 4) is 5.75 Å². The molecular formula is C45H48N4O5. The predicted octanol–water partition coefficient (Wildman–Crippen LogP) is 7.47. The number of phenolic OH excluding ortho intramolecular Hbond substituents is 1. The lowest BCUT2D eigenvalue weighted by atomic mass is 9.98. The number of likely N-dealkylation sites (tertiary alicyclic amines) is 2. The van der Waals surface area contributed by atoms with Gasteiger partial charge in [0.1, 0.15) is 18.8 Å². The van der Waals surface area contributed by atoms with Gasteiger partial charge in [-0.25, -0.2) is 0 Å². The highest BCUT2D eigenvalue weighted by atomic mass is 16.6. The van der Waals surface area contributed by atoms with Crippen LogP contribution >= 0.6 is 0 Å². The van der Waals surface area contributed by atoms with Gasteiger partial charge in [0.2, 0.25) is 0 Å². The summed E-state index contributed by atoms with van der Waals surface area (Å²) in [5.74, 6) is -0.768. The molecule has 2 fully saturated rings. The van der Waals surface area contributed by atoms with Crippen LogP contribution in [0.4, 0.5) is 0 Å². The lowest BCUT2D eigenvalue weighted by Crippen LogP contribution is -2.54. The number of aromatic hydroxyl groups is 1. The summed E-state index contributed by atoms with van der Waals surface area (Å²) >= 11 is 0. The van der Waals surface area contributed by atoms with E-state index >= 15 is 0 Å². The Bertz CT molecular complexity index is 1830. The minimum absolute atomic E-state index is 0.113. The van der Waals surface area contributed by atoms with Crippen LogP contribution in [0.15, 0.2) is 133 Å². The molecule has 0 spiro atoms. The van der Waals surface area contributed by atoms with Crippen LogP contribution in [0.1, 0.15) is 76.7 Å². The molecule has 4 atom stereocenters. The Morgan fingerprint density at radius 2 is 0.926 bits per heavy atom.